The van der Waals surface area contributed by atoms with E-state index in [0.29, 0.717) is 0 Å². The fourth-order valence-corrected chi connectivity index (χ4v) is 0.592. The summed E-state index contributed by atoms with van der Waals surface area (Å²) in [6.45, 7) is 0. The number of carboxylic acid groups (broad SMARTS) is 1. The Morgan fingerprint density at radius 2 is 1.73 bits per heavy atom. The monoisotopic (exact) mass is 203 g/mol. The molecular weight excluding hydrogens is 199 g/mol. The van der Waals surface area contributed by atoms with Crippen LogP contribution in [0.4, 0.5) is 4.39 Å². The maximum atomic E-state index is 12.2. The molecule has 1 radical (unpaired) electrons. The molecule has 1 rings (SSSR count). The Morgan fingerprint density at radius 1 is 1.27 bits per heavy atom. The molecule has 0 aromatic heterocycles. The number of carboxylic acids is 1. The molecule has 1 N–H and O–H groups in total. The Bertz CT molecular complexity index is 245. The van der Waals surface area contributed by atoms with Gasteiger partial charge in [0, 0.05) is 17.1 Å². The standard InChI is InChI=1S/C7H5FO2.Cu/c8-6-3-1-5(2-4-6)7(9)10;/h1-4H,(H,9,10);. The van der Waals surface area contributed by atoms with E-state index in [4.69, 9.17) is 5.11 Å². The van der Waals surface area contributed by atoms with Crippen molar-refractivity contribution in [2.45, 2.75) is 0 Å². The molecule has 1 aromatic rings. The molecular formula is C7H5CuFO2. The van der Waals surface area contributed by atoms with Gasteiger partial charge in [0.1, 0.15) is 5.82 Å². The van der Waals surface area contributed by atoms with Gasteiger partial charge in [-0.1, -0.05) is 0 Å². The van der Waals surface area contributed by atoms with Crippen LogP contribution in [-0.2, 0) is 17.1 Å². The number of rotatable bonds is 1. The van der Waals surface area contributed by atoms with Gasteiger partial charge in [0.2, 0.25) is 0 Å². The third-order valence-electron chi connectivity index (χ3n) is 1.09. The second kappa shape index (κ2) is 4.11. The van der Waals surface area contributed by atoms with E-state index in [1.807, 2.05) is 0 Å². The van der Waals surface area contributed by atoms with Crippen molar-refractivity contribution in [1.29, 1.82) is 0 Å². The quantitative estimate of drug-likeness (QED) is 0.703. The fraction of sp³-hybridized carbons (Fsp3) is 0. The van der Waals surface area contributed by atoms with Crippen LogP contribution in [0.3, 0.4) is 0 Å². The van der Waals surface area contributed by atoms with E-state index in [1.54, 1.807) is 0 Å². The van der Waals surface area contributed by atoms with Crippen LogP contribution in [0.5, 0.6) is 0 Å². The summed E-state index contributed by atoms with van der Waals surface area (Å²) in [4.78, 5) is 10.2. The molecule has 0 unspecified atom stereocenters. The van der Waals surface area contributed by atoms with Gasteiger partial charge in [-0.15, -0.1) is 0 Å². The molecule has 0 atom stereocenters. The van der Waals surface area contributed by atoms with Crippen LogP contribution < -0.4 is 0 Å². The van der Waals surface area contributed by atoms with E-state index in [2.05, 4.69) is 0 Å². The van der Waals surface area contributed by atoms with E-state index in [9.17, 15) is 9.18 Å². The van der Waals surface area contributed by atoms with Crippen molar-refractivity contribution in [2.24, 2.45) is 0 Å². The molecule has 4 heteroatoms. The Labute approximate surface area is 73.5 Å². The number of hydrogen-bond acceptors (Lipinski definition) is 1. The van der Waals surface area contributed by atoms with Gasteiger partial charge in [0.05, 0.1) is 5.56 Å². The van der Waals surface area contributed by atoms with Crippen LogP contribution in [0.15, 0.2) is 24.3 Å². The summed E-state index contributed by atoms with van der Waals surface area (Å²) in [6.07, 6.45) is 0. The topological polar surface area (TPSA) is 37.3 Å². The molecule has 2 nitrogen and oxygen atoms in total. The van der Waals surface area contributed by atoms with Gasteiger partial charge >= 0.3 is 5.97 Å². The summed E-state index contributed by atoms with van der Waals surface area (Å²) < 4.78 is 12.2. The van der Waals surface area contributed by atoms with Gasteiger partial charge in [-0.05, 0) is 24.3 Å². The summed E-state index contributed by atoms with van der Waals surface area (Å²) in [6, 6.07) is 4.67. The largest absolute Gasteiger partial charge is 0.478 e. The summed E-state index contributed by atoms with van der Waals surface area (Å²) >= 11 is 0. The first-order valence-electron chi connectivity index (χ1n) is 2.69. The molecule has 0 aliphatic heterocycles. The van der Waals surface area contributed by atoms with Gasteiger partial charge in [0.25, 0.3) is 0 Å². The molecule has 0 amide bonds. The van der Waals surface area contributed by atoms with E-state index < -0.39 is 11.8 Å². The number of hydrogen-bond donors (Lipinski definition) is 1. The zero-order valence-corrected chi connectivity index (χ0v) is 6.29. The van der Waals surface area contributed by atoms with Gasteiger partial charge < -0.3 is 5.11 Å². The van der Waals surface area contributed by atoms with Crippen molar-refractivity contribution in [3.63, 3.8) is 0 Å². The van der Waals surface area contributed by atoms with E-state index >= 15 is 0 Å². The predicted octanol–water partition coefficient (Wildman–Crippen LogP) is 1.52. The molecule has 0 aliphatic rings. The molecule has 0 saturated heterocycles. The fourth-order valence-electron chi connectivity index (χ4n) is 0.592. The third-order valence-corrected chi connectivity index (χ3v) is 1.09. The smallest absolute Gasteiger partial charge is 0.335 e. The molecule has 0 heterocycles. The van der Waals surface area contributed by atoms with Crippen molar-refractivity contribution < 1.29 is 31.4 Å². The Hall–Kier alpha value is -0.861. The first-order chi connectivity index (χ1) is 4.70. The number of benzene rings is 1. The Balaban J connectivity index is 0.000001000. The maximum absolute atomic E-state index is 12.2. The van der Waals surface area contributed by atoms with Gasteiger partial charge in [-0.3, -0.25) is 0 Å². The molecule has 0 fully saturated rings. The van der Waals surface area contributed by atoms with Crippen LogP contribution in [0.25, 0.3) is 0 Å². The van der Waals surface area contributed by atoms with Crippen molar-refractivity contribution in [3.8, 4) is 0 Å². The first kappa shape index (κ1) is 10.1. The second-order valence-corrected chi connectivity index (χ2v) is 1.81. The van der Waals surface area contributed by atoms with E-state index in [0.717, 1.165) is 12.1 Å². The summed E-state index contributed by atoms with van der Waals surface area (Å²) in [5.74, 6) is -1.47. The zero-order valence-electron chi connectivity index (χ0n) is 5.34. The summed E-state index contributed by atoms with van der Waals surface area (Å²) in [5.41, 5.74) is 0.0985. The molecule has 0 spiro atoms. The number of carbonyl (C=O) groups is 1. The summed E-state index contributed by atoms with van der Waals surface area (Å²) in [7, 11) is 0. The Kier molecular flexibility index (Phi) is 3.79. The molecule has 0 saturated carbocycles. The minimum Gasteiger partial charge on any atom is -0.478 e. The van der Waals surface area contributed by atoms with Crippen molar-refractivity contribution in [2.75, 3.05) is 0 Å². The zero-order chi connectivity index (χ0) is 7.56. The molecule has 63 valence electrons. The molecule has 11 heavy (non-hydrogen) atoms. The average molecular weight is 204 g/mol. The second-order valence-electron chi connectivity index (χ2n) is 1.81. The van der Waals surface area contributed by atoms with Crippen LogP contribution in [0.2, 0.25) is 0 Å². The van der Waals surface area contributed by atoms with E-state index in [1.165, 1.54) is 12.1 Å². The van der Waals surface area contributed by atoms with Gasteiger partial charge in [0.15, 0.2) is 0 Å². The third kappa shape index (κ3) is 2.70. The first-order valence-corrected chi connectivity index (χ1v) is 2.69. The van der Waals surface area contributed by atoms with E-state index in [-0.39, 0.29) is 22.6 Å². The molecule has 0 aliphatic carbocycles. The SMILES string of the molecule is O=C(O)c1ccc(F)cc1.[Cu]. The molecule has 1 aromatic carbocycles. The number of halogens is 1. The van der Waals surface area contributed by atoms with Gasteiger partial charge in [-0.2, -0.15) is 0 Å². The molecule has 0 bridgehead atoms. The van der Waals surface area contributed by atoms with Crippen molar-refractivity contribution >= 4 is 5.97 Å². The Morgan fingerprint density at radius 3 is 2.09 bits per heavy atom. The summed E-state index contributed by atoms with van der Waals surface area (Å²) in [5, 5.41) is 8.35. The van der Waals surface area contributed by atoms with Crippen LogP contribution >= 0.6 is 0 Å². The van der Waals surface area contributed by atoms with Crippen molar-refractivity contribution in [1.82, 2.24) is 0 Å². The minimum absolute atomic E-state index is 0. The predicted molar refractivity (Wildman–Crippen MR) is 33.4 cm³/mol. The van der Waals surface area contributed by atoms with Crippen LogP contribution in [0.1, 0.15) is 10.4 Å². The van der Waals surface area contributed by atoms with Gasteiger partial charge in [-0.25, -0.2) is 9.18 Å². The number of aromatic carboxylic acids is 1. The average Bonchev–Trinajstić information content (AvgIpc) is 1.88. The minimum atomic E-state index is -1.04. The maximum Gasteiger partial charge on any atom is 0.335 e. The van der Waals surface area contributed by atoms with Crippen molar-refractivity contribution in [3.05, 3.63) is 35.6 Å². The van der Waals surface area contributed by atoms with Crippen LogP contribution in [0, 0.1) is 5.82 Å². The van der Waals surface area contributed by atoms with Crippen LogP contribution in [-0.4, -0.2) is 11.1 Å². The normalized spacial score (nSPS) is 8.45.